The maximum absolute atomic E-state index is 12.6. The Bertz CT molecular complexity index is 1060. The van der Waals surface area contributed by atoms with Crippen molar-refractivity contribution in [3.8, 4) is 5.75 Å². The summed E-state index contributed by atoms with van der Waals surface area (Å²) in [6.07, 6.45) is 0.195. The summed E-state index contributed by atoms with van der Waals surface area (Å²) in [5, 5.41) is 0.548. The number of hydrogen-bond acceptors (Lipinski definition) is 5. The number of methoxy groups -OCH3 is 1. The number of aliphatic imine (C=N–C) groups is 1. The third kappa shape index (κ3) is 4.70. The Morgan fingerprint density at radius 2 is 1.77 bits per heavy atom. The second-order valence-electron chi connectivity index (χ2n) is 7.73. The predicted octanol–water partition coefficient (Wildman–Crippen LogP) is 2.84. The monoisotopic (exact) mass is 444 g/mol. The van der Waals surface area contributed by atoms with E-state index >= 15 is 0 Å². The number of sulfone groups is 1. The van der Waals surface area contributed by atoms with Crippen LogP contribution in [0.2, 0.25) is 0 Å². The molecule has 2 aromatic carbocycles. The van der Waals surface area contributed by atoms with Crippen LogP contribution >= 0.6 is 11.8 Å². The van der Waals surface area contributed by atoms with Gasteiger partial charge in [-0.05, 0) is 30.2 Å². The molecule has 0 bridgehead atoms. The number of carbonyl (C=O) groups is 1. The first-order valence-electron chi connectivity index (χ1n) is 9.77. The van der Waals surface area contributed by atoms with E-state index in [9.17, 15) is 13.2 Å². The Kier molecular flexibility index (Phi) is 5.88. The molecule has 8 heteroatoms. The van der Waals surface area contributed by atoms with Crippen LogP contribution in [-0.2, 0) is 27.6 Å². The van der Waals surface area contributed by atoms with Crippen LogP contribution in [0.25, 0.3) is 0 Å². The molecular formula is C22H24N2O4S2. The van der Waals surface area contributed by atoms with Crippen LogP contribution in [0, 0.1) is 6.92 Å². The van der Waals surface area contributed by atoms with Crippen molar-refractivity contribution in [3.05, 3.63) is 65.2 Å². The van der Waals surface area contributed by atoms with Crippen molar-refractivity contribution in [1.29, 1.82) is 0 Å². The molecular weight excluding hydrogens is 420 g/mol. The first kappa shape index (κ1) is 20.9. The van der Waals surface area contributed by atoms with Crippen LogP contribution in [-0.4, -0.2) is 54.3 Å². The van der Waals surface area contributed by atoms with Crippen LogP contribution in [0.15, 0.2) is 53.5 Å². The van der Waals surface area contributed by atoms with E-state index in [2.05, 4.69) is 4.99 Å². The molecule has 4 rings (SSSR count). The number of hydrogen-bond donors (Lipinski definition) is 0. The highest BCUT2D eigenvalue weighted by Crippen LogP contribution is 2.39. The van der Waals surface area contributed by atoms with Crippen molar-refractivity contribution in [1.82, 2.24) is 4.90 Å². The van der Waals surface area contributed by atoms with Crippen LogP contribution in [0.4, 0.5) is 0 Å². The second-order valence-corrected chi connectivity index (χ2v) is 11.1. The van der Waals surface area contributed by atoms with Gasteiger partial charge in [-0.1, -0.05) is 53.7 Å². The minimum atomic E-state index is -3.06. The molecule has 2 heterocycles. The SMILES string of the molecule is COc1ccc(CC(=O)N=C2S[C@@H]3CS(=O)(=O)C[C@@H]3N2Cc2ccc(C)cc2)cc1. The van der Waals surface area contributed by atoms with Gasteiger partial charge in [0.15, 0.2) is 15.0 Å². The molecule has 6 nitrogen and oxygen atoms in total. The molecule has 2 saturated heterocycles. The minimum Gasteiger partial charge on any atom is -0.497 e. The van der Waals surface area contributed by atoms with Gasteiger partial charge in [-0.3, -0.25) is 4.79 Å². The number of rotatable bonds is 5. The van der Waals surface area contributed by atoms with E-state index in [0.29, 0.717) is 11.7 Å². The van der Waals surface area contributed by atoms with Crippen LogP contribution in [0.5, 0.6) is 5.75 Å². The van der Waals surface area contributed by atoms with Crippen molar-refractivity contribution in [2.24, 2.45) is 4.99 Å². The highest BCUT2D eigenvalue weighted by molar-refractivity contribution is 8.15. The lowest BCUT2D eigenvalue weighted by atomic mass is 10.1. The van der Waals surface area contributed by atoms with Gasteiger partial charge in [0.1, 0.15) is 5.75 Å². The highest BCUT2D eigenvalue weighted by atomic mass is 32.2. The molecule has 30 heavy (non-hydrogen) atoms. The molecule has 2 atom stereocenters. The molecule has 2 aliphatic heterocycles. The molecule has 0 saturated carbocycles. The molecule has 0 N–H and O–H groups in total. The molecule has 1 amide bonds. The number of thioether (sulfide) groups is 1. The summed E-state index contributed by atoms with van der Waals surface area (Å²) in [5.41, 5.74) is 3.10. The molecule has 2 fully saturated rings. The van der Waals surface area contributed by atoms with Crippen LogP contribution in [0.1, 0.15) is 16.7 Å². The summed E-state index contributed by atoms with van der Waals surface area (Å²) in [5.74, 6) is 0.752. The summed E-state index contributed by atoms with van der Waals surface area (Å²) >= 11 is 1.41. The van der Waals surface area contributed by atoms with E-state index in [1.165, 1.54) is 17.3 Å². The number of amidine groups is 1. The van der Waals surface area contributed by atoms with E-state index in [4.69, 9.17) is 4.74 Å². The van der Waals surface area contributed by atoms with Crippen LogP contribution in [0.3, 0.4) is 0 Å². The summed E-state index contributed by atoms with van der Waals surface area (Å²) in [4.78, 5) is 19.0. The van der Waals surface area contributed by atoms with E-state index < -0.39 is 9.84 Å². The highest BCUT2D eigenvalue weighted by Gasteiger charge is 2.48. The second kappa shape index (κ2) is 8.43. The van der Waals surface area contributed by atoms with Crippen molar-refractivity contribution in [3.63, 3.8) is 0 Å². The van der Waals surface area contributed by atoms with Gasteiger partial charge in [-0.25, -0.2) is 8.42 Å². The van der Waals surface area contributed by atoms with Crippen molar-refractivity contribution in [2.45, 2.75) is 31.2 Å². The standard InChI is InChI=1S/C22H24N2O4S2/c1-15-3-5-17(6-4-15)12-24-19-13-30(26,27)14-20(19)29-22(24)23-21(25)11-16-7-9-18(28-2)10-8-16/h3-10,19-20H,11-14H2,1-2H3/t19-,20+/m0/s1. The average molecular weight is 445 g/mol. The molecule has 158 valence electrons. The summed E-state index contributed by atoms with van der Waals surface area (Å²) < 4.78 is 29.5. The maximum atomic E-state index is 12.6. The number of ether oxygens (including phenoxy) is 1. The van der Waals surface area contributed by atoms with Crippen molar-refractivity contribution in [2.75, 3.05) is 18.6 Å². The van der Waals surface area contributed by atoms with Crippen molar-refractivity contribution < 1.29 is 17.9 Å². The number of carbonyl (C=O) groups excluding carboxylic acids is 1. The Balaban J connectivity index is 1.54. The Morgan fingerprint density at radius 3 is 2.43 bits per heavy atom. The fourth-order valence-corrected chi connectivity index (χ4v) is 7.74. The van der Waals surface area contributed by atoms with Gasteiger partial charge >= 0.3 is 0 Å². The summed E-state index contributed by atoms with van der Waals surface area (Å²) in [6, 6.07) is 15.3. The Morgan fingerprint density at radius 1 is 1.10 bits per heavy atom. The number of fused-ring (bicyclic) bond motifs is 1. The zero-order valence-corrected chi connectivity index (χ0v) is 18.6. The maximum Gasteiger partial charge on any atom is 0.252 e. The summed E-state index contributed by atoms with van der Waals surface area (Å²) in [6.45, 7) is 2.57. The van der Waals surface area contributed by atoms with E-state index in [0.717, 1.165) is 16.9 Å². The average Bonchev–Trinajstić information content (AvgIpc) is 3.16. The lowest BCUT2D eigenvalue weighted by Crippen LogP contribution is -2.37. The van der Waals surface area contributed by atoms with Gasteiger partial charge in [0.2, 0.25) is 0 Å². The topological polar surface area (TPSA) is 76.0 Å². The molecule has 0 radical (unpaired) electrons. The zero-order valence-electron chi connectivity index (χ0n) is 16.9. The fourth-order valence-electron chi connectivity index (χ4n) is 3.77. The minimum absolute atomic E-state index is 0.0759. The van der Waals surface area contributed by atoms with Crippen molar-refractivity contribution >= 4 is 32.7 Å². The number of amides is 1. The Labute approximate surface area is 181 Å². The smallest absolute Gasteiger partial charge is 0.252 e. The molecule has 2 aliphatic rings. The molecule has 0 aromatic heterocycles. The van der Waals surface area contributed by atoms with Gasteiger partial charge in [-0.2, -0.15) is 4.99 Å². The Hall–Kier alpha value is -2.32. The quantitative estimate of drug-likeness (QED) is 0.706. The number of benzene rings is 2. The molecule has 0 spiro atoms. The number of nitrogens with zero attached hydrogens (tertiary/aromatic N) is 2. The van der Waals surface area contributed by atoms with Crippen LogP contribution < -0.4 is 4.74 Å². The van der Waals surface area contributed by atoms with E-state index in [1.807, 2.05) is 60.4 Å². The van der Waals surface area contributed by atoms with Gasteiger partial charge in [0.05, 0.1) is 31.1 Å². The molecule has 2 aromatic rings. The number of aryl methyl sites for hydroxylation is 1. The molecule has 0 aliphatic carbocycles. The normalized spacial score (nSPS) is 23.5. The zero-order chi connectivity index (χ0) is 21.3. The summed E-state index contributed by atoms with van der Waals surface area (Å²) in [7, 11) is -1.46. The van der Waals surface area contributed by atoms with Gasteiger partial charge in [0.25, 0.3) is 5.91 Å². The molecule has 0 unspecified atom stereocenters. The lowest BCUT2D eigenvalue weighted by Gasteiger charge is -2.24. The van der Waals surface area contributed by atoms with Gasteiger partial charge in [0, 0.05) is 11.8 Å². The lowest BCUT2D eigenvalue weighted by molar-refractivity contribution is -0.117. The van der Waals surface area contributed by atoms with E-state index in [-0.39, 0.29) is 35.1 Å². The largest absolute Gasteiger partial charge is 0.497 e. The predicted molar refractivity (Wildman–Crippen MR) is 120 cm³/mol. The van der Waals surface area contributed by atoms with E-state index in [1.54, 1.807) is 7.11 Å². The van der Waals surface area contributed by atoms with Gasteiger partial charge < -0.3 is 9.64 Å². The van der Waals surface area contributed by atoms with Gasteiger partial charge in [-0.15, -0.1) is 0 Å². The first-order valence-corrected chi connectivity index (χ1v) is 12.5. The third-order valence-electron chi connectivity index (χ3n) is 5.38. The fraction of sp³-hybridized carbons (Fsp3) is 0.364. The first-order chi connectivity index (χ1) is 14.3. The third-order valence-corrected chi connectivity index (χ3v) is 8.63.